The molecule has 0 unspecified atom stereocenters. The molecule has 0 bridgehead atoms. The number of rotatable bonds is 1. The monoisotopic (exact) mass is 231 g/mol. The highest BCUT2D eigenvalue weighted by Gasteiger charge is 2.41. The fourth-order valence-electron chi connectivity index (χ4n) is 1.95. The fraction of sp³-hybridized carbons (Fsp3) is 0.429. The van der Waals surface area contributed by atoms with Gasteiger partial charge in [0, 0.05) is 6.04 Å². The van der Waals surface area contributed by atoms with E-state index < -0.39 is 0 Å². The molecule has 0 fully saturated rings. The zero-order chi connectivity index (χ0) is 12.8. The number of nitrogens with zero attached hydrogens (tertiary/aromatic N) is 1. The van der Waals surface area contributed by atoms with E-state index in [0.29, 0.717) is 11.1 Å². The van der Waals surface area contributed by atoms with Crippen LogP contribution in [0.3, 0.4) is 0 Å². The molecular weight excluding hydrogens is 214 g/mol. The van der Waals surface area contributed by atoms with E-state index in [1.165, 1.54) is 4.90 Å². The zero-order valence-corrected chi connectivity index (χ0v) is 10.7. The van der Waals surface area contributed by atoms with Crippen molar-refractivity contribution in [3.05, 3.63) is 35.4 Å². The van der Waals surface area contributed by atoms with Gasteiger partial charge in [0.2, 0.25) is 0 Å². The Morgan fingerprint density at radius 3 is 1.76 bits per heavy atom. The molecule has 2 rings (SSSR count). The summed E-state index contributed by atoms with van der Waals surface area (Å²) in [6, 6.07) is 6.88. The van der Waals surface area contributed by atoms with E-state index in [1.54, 1.807) is 24.3 Å². The first-order valence-electron chi connectivity index (χ1n) is 5.81. The molecule has 1 heterocycles. The van der Waals surface area contributed by atoms with E-state index in [2.05, 4.69) is 0 Å². The normalized spacial score (nSPS) is 17.3. The first-order valence-corrected chi connectivity index (χ1v) is 5.81. The molecule has 90 valence electrons. The van der Waals surface area contributed by atoms with E-state index in [0.717, 1.165) is 0 Å². The second kappa shape index (κ2) is 3.69. The topological polar surface area (TPSA) is 37.4 Å². The maximum Gasteiger partial charge on any atom is 0.261 e. The molecular formula is C14H17NO2. The Kier molecular flexibility index (Phi) is 2.57. The van der Waals surface area contributed by atoms with Gasteiger partial charge < -0.3 is 0 Å². The van der Waals surface area contributed by atoms with Gasteiger partial charge in [-0.15, -0.1) is 0 Å². The summed E-state index contributed by atoms with van der Waals surface area (Å²) in [5.74, 6) is -0.346. The highest BCUT2D eigenvalue weighted by molar-refractivity contribution is 6.21. The Labute approximate surface area is 101 Å². The third-order valence-corrected chi connectivity index (χ3v) is 3.47. The van der Waals surface area contributed by atoms with Gasteiger partial charge >= 0.3 is 0 Å². The van der Waals surface area contributed by atoms with Gasteiger partial charge in [0.05, 0.1) is 11.1 Å². The Bertz CT molecular complexity index is 450. The quantitative estimate of drug-likeness (QED) is 0.697. The molecule has 3 heteroatoms. The molecule has 17 heavy (non-hydrogen) atoms. The second-order valence-electron chi connectivity index (χ2n) is 5.57. The Morgan fingerprint density at radius 1 is 1.00 bits per heavy atom. The molecule has 0 saturated carbocycles. The second-order valence-corrected chi connectivity index (χ2v) is 5.57. The van der Waals surface area contributed by atoms with E-state index in [-0.39, 0.29) is 23.3 Å². The highest BCUT2D eigenvalue weighted by atomic mass is 16.2. The Hall–Kier alpha value is -1.64. The molecule has 1 aromatic rings. The van der Waals surface area contributed by atoms with Crippen molar-refractivity contribution in [3.8, 4) is 0 Å². The van der Waals surface area contributed by atoms with Crippen LogP contribution in [0.5, 0.6) is 0 Å². The summed E-state index contributed by atoms with van der Waals surface area (Å²) in [5, 5.41) is 0. The molecule has 0 aliphatic carbocycles. The smallest absolute Gasteiger partial charge is 0.261 e. The first-order chi connectivity index (χ1) is 7.84. The summed E-state index contributed by atoms with van der Waals surface area (Å²) < 4.78 is 0. The van der Waals surface area contributed by atoms with E-state index in [1.807, 2.05) is 27.7 Å². The van der Waals surface area contributed by atoms with Crippen LogP contribution in [0.15, 0.2) is 24.3 Å². The number of benzene rings is 1. The summed E-state index contributed by atoms with van der Waals surface area (Å²) in [5.41, 5.74) is 0.926. The molecule has 0 saturated heterocycles. The maximum atomic E-state index is 12.2. The van der Waals surface area contributed by atoms with E-state index in [4.69, 9.17) is 0 Å². The first kappa shape index (κ1) is 11.8. The molecule has 3 nitrogen and oxygen atoms in total. The standard InChI is InChI=1S/C14H17NO2/c1-9(14(2,3)4)15-12(16)10-7-5-6-8-11(10)13(15)17/h5-9H,1-4H3/t9-/m1/s1. The van der Waals surface area contributed by atoms with Gasteiger partial charge in [-0.05, 0) is 24.5 Å². The number of imide groups is 1. The molecule has 0 radical (unpaired) electrons. The van der Waals surface area contributed by atoms with E-state index in [9.17, 15) is 9.59 Å². The van der Waals surface area contributed by atoms with Gasteiger partial charge in [0.25, 0.3) is 11.8 Å². The minimum Gasteiger partial charge on any atom is -0.271 e. The van der Waals surface area contributed by atoms with Crippen LogP contribution in [0.4, 0.5) is 0 Å². The summed E-state index contributed by atoms with van der Waals surface area (Å²) in [6.07, 6.45) is 0. The van der Waals surface area contributed by atoms with Gasteiger partial charge in [0.1, 0.15) is 0 Å². The molecule has 1 aliphatic rings. The van der Waals surface area contributed by atoms with Crippen LogP contribution in [-0.4, -0.2) is 22.8 Å². The van der Waals surface area contributed by atoms with Crippen molar-refractivity contribution in [2.75, 3.05) is 0 Å². The predicted octanol–water partition coefficient (Wildman–Crippen LogP) is 2.72. The van der Waals surface area contributed by atoms with Crippen molar-refractivity contribution >= 4 is 11.8 Å². The number of hydrogen-bond donors (Lipinski definition) is 0. The molecule has 2 amide bonds. The lowest BCUT2D eigenvalue weighted by Crippen LogP contribution is -2.45. The SMILES string of the molecule is C[C@@H](N1C(=O)c2ccccc2C1=O)C(C)(C)C. The largest absolute Gasteiger partial charge is 0.271 e. The highest BCUT2D eigenvalue weighted by Crippen LogP contribution is 2.31. The number of hydrogen-bond acceptors (Lipinski definition) is 2. The fourth-order valence-corrected chi connectivity index (χ4v) is 1.95. The van der Waals surface area contributed by atoms with Crippen molar-refractivity contribution < 1.29 is 9.59 Å². The van der Waals surface area contributed by atoms with Crippen LogP contribution >= 0.6 is 0 Å². The van der Waals surface area contributed by atoms with Crippen molar-refractivity contribution in [3.63, 3.8) is 0 Å². The van der Waals surface area contributed by atoms with Gasteiger partial charge in [-0.3, -0.25) is 14.5 Å². The van der Waals surface area contributed by atoms with Crippen molar-refractivity contribution in [2.24, 2.45) is 5.41 Å². The van der Waals surface area contributed by atoms with Crippen LogP contribution in [-0.2, 0) is 0 Å². The number of amides is 2. The van der Waals surface area contributed by atoms with Gasteiger partial charge in [-0.1, -0.05) is 32.9 Å². The third kappa shape index (κ3) is 1.75. The van der Waals surface area contributed by atoms with Crippen LogP contribution in [0.25, 0.3) is 0 Å². The lowest BCUT2D eigenvalue weighted by atomic mass is 9.87. The lowest BCUT2D eigenvalue weighted by Gasteiger charge is -2.33. The number of carbonyl (C=O) groups is 2. The van der Waals surface area contributed by atoms with Crippen LogP contribution in [0, 0.1) is 5.41 Å². The van der Waals surface area contributed by atoms with Crippen LogP contribution in [0.2, 0.25) is 0 Å². The Balaban J connectivity index is 2.44. The Morgan fingerprint density at radius 2 is 1.41 bits per heavy atom. The zero-order valence-electron chi connectivity index (χ0n) is 10.7. The predicted molar refractivity (Wildman–Crippen MR) is 65.9 cm³/mol. The lowest BCUT2D eigenvalue weighted by molar-refractivity contribution is 0.0485. The molecule has 0 spiro atoms. The van der Waals surface area contributed by atoms with Gasteiger partial charge in [-0.25, -0.2) is 0 Å². The summed E-state index contributed by atoms with van der Waals surface area (Å²) in [6.45, 7) is 8.01. The molecule has 1 atom stereocenters. The van der Waals surface area contributed by atoms with Crippen LogP contribution < -0.4 is 0 Å². The van der Waals surface area contributed by atoms with E-state index >= 15 is 0 Å². The average Bonchev–Trinajstić information content (AvgIpc) is 2.51. The van der Waals surface area contributed by atoms with Crippen molar-refractivity contribution in [1.82, 2.24) is 4.90 Å². The minimum absolute atomic E-state index is 0.116. The van der Waals surface area contributed by atoms with Crippen molar-refractivity contribution in [1.29, 1.82) is 0 Å². The van der Waals surface area contributed by atoms with Crippen molar-refractivity contribution in [2.45, 2.75) is 33.7 Å². The average molecular weight is 231 g/mol. The molecule has 1 aliphatic heterocycles. The minimum atomic E-state index is -0.173. The van der Waals surface area contributed by atoms with Crippen LogP contribution in [0.1, 0.15) is 48.4 Å². The summed E-state index contributed by atoms with van der Waals surface area (Å²) >= 11 is 0. The maximum absolute atomic E-state index is 12.2. The third-order valence-electron chi connectivity index (χ3n) is 3.47. The summed E-state index contributed by atoms with van der Waals surface area (Å²) in [4.78, 5) is 25.8. The van der Waals surface area contributed by atoms with Gasteiger partial charge in [0.15, 0.2) is 0 Å². The molecule has 0 aromatic heterocycles. The number of carbonyl (C=O) groups excluding carboxylic acids is 2. The molecule has 0 N–H and O–H groups in total. The number of fused-ring (bicyclic) bond motifs is 1. The summed E-state index contributed by atoms with van der Waals surface area (Å²) in [7, 11) is 0. The van der Waals surface area contributed by atoms with Gasteiger partial charge in [-0.2, -0.15) is 0 Å². The molecule has 1 aromatic carbocycles.